The molecule has 4 nitrogen and oxygen atoms in total. The van der Waals surface area contributed by atoms with Crippen LogP contribution in [0.15, 0.2) is 0 Å². The number of hydrogen-bond acceptors (Lipinski definition) is 5. The third-order valence-corrected chi connectivity index (χ3v) is 5.75. The van der Waals surface area contributed by atoms with Crippen molar-refractivity contribution in [2.75, 3.05) is 38.4 Å². The smallest absolute Gasteiger partial charge is 0.0910 e. The van der Waals surface area contributed by atoms with Crippen LogP contribution in [0.3, 0.4) is 0 Å². The Bertz CT molecular complexity index is 284. The molecule has 0 bridgehead atoms. The van der Waals surface area contributed by atoms with Gasteiger partial charge in [0.15, 0.2) is 0 Å². The average molecular weight is 289 g/mol. The Morgan fingerprint density at radius 3 is 3.05 bits per heavy atom. The molecule has 0 aromatic carbocycles. The molecule has 2 fully saturated rings. The number of ether oxygens (including phenoxy) is 2. The number of hydrogen-bond donors (Lipinski definition) is 2. The van der Waals surface area contributed by atoms with Crippen LogP contribution < -0.4 is 5.73 Å². The zero-order valence-electron chi connectivity index (χ0n) is 11.9. The standard InChI is InChI=1S/C14H27NO3S/c1-17-10-14(16,4-2-6-15)12-3-7-18-13(9-12)5-8-19-11-13/h12,16H,2-11,15H2,1H3. The molecule has 0 aromatic rings. The molecule has 0 radical (unpaired) electrons. The van der Waals surface area contributed by atoms with Crippen molar-refractivity contribution in [1.82, 2.24) is 0 Å². The zero-order valence-corrected chi connectivity index (χ0v) is 12.7. The molecule has 1 spiro atoms. The summed E-state index contributed by atoms with van der Waals surface area (Å²) in [4.78, 5) is 0. The molecule has 2 aliphatic rings. The van der Waals surface area contributed by atoms with E-state index in [-0.39, 0.29) is 11.5 Å². The van der Waals surface area contributed by atoms with Crippen LogP contribution >= 0.6 is 11.8 Å². The molecule has 5 heteroatoms. The maximum atomic E-state index is 11.0. The summed E-state index contributed by atoms with van der Waals surface area (Å²) < 4.78 is 11.3. The first-order valence-corrected chi connectivity index (χ1v) is 8.43. The van der Waals surface area contributed by atoms with Gasteiger partial charge in [0.05, 0.1) is 17.8 Å². The van der Waals surface area contributed by atoms with Crippen LogP contribution in [0.5, 0.6) is 0 Å². The molecule has 2 saturated heterocycles. The van der Waals surface area contributed by atoms with Crippen LogP contribution in [0.1, 0.15) is 32.1 Å². The molecule has 19 heavy (non-hydrogen) atoms. The van der Waals surface area contributed by atoms with Crippen molar-refractivity contribution >= 4 is 11.8 Å². The van der Waals surface area contributed by atoms with Gasteiger partial charge in [-0.15, -0.1) is 0 Å². The van der Waals surface area contributed by atoms with Crippen LogP contribution in [0.25, 0.3) is 0 Å². The van der Waals surface area contributed by atoms with E-state index in [2.05, 4.69) is 0 Å². The predicted octanol–water partition coefficient (Wildman–Crippen LogP) is 1.41. The number of thioether (sulfide) groups is 1. The Kier molecular flexibility index (Phi) is 5.55. The second kappa shape index (κ2) is 6.76. The molecule has 3 unspecified atom stereocenters. The van der Waals surface area contributed by atoms with Gasteiger partial charge in [-0.2, -0.15) is 11.8 Å². The molecule has 2 rings (SSSR count). The van der Waals surface area contributed by atoms with Gasteiger partial charge in [-0.3, -0.25) is 0 Å². The molecule has 2 heterocycles. The number of aliphatic hydroxyl groups is 1. The highest BCUT2D eigenvalue weighted by atomic mass is 32.2. The van der Waals surface area contributed by atoms with Crippen molar-refractivity contribution in [1.29, 1.82) is 0 Å². The van der Waals surface area contributed by atoms with Crippen molar-refractivity contribution in [2.24, 2.45) is 11.7 Å². The Hall–Kier alpha value is 0.190. The van der Waals surface area contributed by atoms with E-state index in [1.54, 1.807) is 7.11 Å². The molecule has 0 amide bonds. The topological polar surface area (TPSA) is 64.7 Å². The normalized spacial score (nSPS) is 34.6. The first kappa shape index (κ1) is 15.6. The van der Waals surface area contributed by atoms with E-state index in [4.69, 9.17) is 15.2 Å². The lowest BCUT2D eigenvalue weighted by molar-refractivity contribution is -0.151. The Labute approximate surface area is 120 Å². The minimum absolute atomic E-state index is 0.0119. The van der Waals surface area contributed by atoms with E-state index in [9.17, 15) is 5.11 Å². The molecule has 112 valence electrons. The van der Waals surface area contributed by atoms with Gasteiger partial charge >= 0.3 is 0 Å². The summed E-state index contributed by atoms with van der Waals surface area (Å²) in [6.45, 7) is 1.79. The second-order valence-electron chi connectivity index (χ2n) is 5.95. The van der Waals surface area contributed by atoms with E-state index >= 15 is 0 Å². The fourth-order valence-electron chi connectivity index (χ4n) is 3.40. The molecular weight excluding hydrogens is 262 g/mol. The Morgan fingerprint density at radius 2 is 2.42 bits per heavy atom. The highest BCUT2D eigenvalue weighted by Gasteiger charge is 2.47. The molecular formula is C14H27NO3S. The molecule has 0 saturated carbocycles. The highest BCUT2D eigenvalue weighted by Crippen LogP contribution is 2.44. The fraction of sp³-hybridized carbons (Fsp3) is 1.00. The summed E-state index contributed by atoms with van der Waals surface area (Å²) in [5.41, 5.74) is 4.87. The van der Waals surface area contributed by atoms with Crippen LogP contribution in [0.4, 0.5) is 0 Å². The first-order chi connectivity index (χ1) is 9.14. The van der Waals surface area contributed by atoms with Gasteiger partial charge in [0, 0.05) is 19.5 Å². The monoisotopic (exact) mass is 289 g/mol. The molecule has 0 aromatic heterocycles. The first-order valence-electron chi connectivity index (χ1n) is 7.27. The molecule has 0 aliphatic carbocycles. The van der Waals surface area contributed by atoms with Gasteiger partial charge < -0.3 is 20.3 Å². The predicted molar refractivity (Wildman–Crippen MR) is 78.5 cm³/mol. The van der Waals surface area contributed by atoms with Crippen molar-refractivity contribution in [3.8, 4) is 0 Å². The van der Waals surface area contributed by atoms with Gasteiger partial charge in [-0.25, -0.2) is 0 Å². The van der Waals surface area contributed by atoms with Crippen LogP contribution in [-0.2, 0) is 9.47 Å². The third-order valence-electron chi connectivity index (χ3n) is 4.53. The summed E-state index contributed by atoms with van der Waals surface area (Å²) in [6, 6.07) is 0. The van der Waals surface area contributed by atoms with Crippen molar-refractivity contribution < 1.29 is 14.6 Å². The van der Waals surface area contributed by atoms with Gasteiger partial charge in [-0.1, -0.05) is 0 Å². The lowest BCUT2D eigenvalue weighted by Gasteiger charge is -2.45. The summed E-state index contributed by atoms with van der Waals surface area (Å²) in [5, 5.41) is 11.0. The Balaban J connectivity index is 2.03. The fourth-order valence-corrected chi connectivity index (χ4v) is 4.78. The molecule has 3 N–H and O–H groups in total. The third kappa shape index (κ3) is 3.64. The SMILES string of the molecule is COCC(O)(CCCN)C1CCOC2(CCSC2)C1. The average Bonchev–Trinajstić information content (AvgIpc) is 2.85. The quantitative estimate of drug-likeness (QED) is 0.774. The minimum Gasteiger partial charge on any atom is -0.387 e. The maximum Gasteiger partial charge on any atom is 0.0910 e. The minimum atomic E-state index is -0.738. The second-order valence-corrected chi connectivity index (χ2v) is 7.06. The van der Waals surface area contributed by atoms with Gasteiger partial charge in [0.2, 0.25) is 0 Å². The van der Waals surface area contributed by atoms with Crippen LogP contribution in [0, 0.1) is 5.92 Å². The summed E-state index contributed by atoms with van der Waals surface area (Å²) in [7, 11) is 1.66. The largest absolute Gasteiger partial charge is 0.387 e. The van der Waals surface area contributed by atoms with Crippen LogP contribution in [-0.4, -0.2) is 54.7 Å². The van der Waals surface area contributed by atoms with Crippen molar-refractivity contribution in [3.05, 3.63) is 0 Å². The lowest BCUT2D eigenvalue weighted by atomic mass is 9.74. The zero-order chi connectivity index (χ0) is 13.8. The van der Waals surface area contributed by atoms with E-state index in [0.29, 0.717) is 13.2 Å². The van der Waals surface area contributed by atoms with E-state index in [1.165, 1.54) is 5.75 Å². The summed E-state index contributed by atoms with van der Waals surface area (Å²) in [5.74, 6) is 2.52. The van der Waals surface area contributed by atoms with Crippen LogP contribution in [0.2, 0.25) is 0 Å². The van der Waals surface area contributed by atoms with Gasteiger partial charge in [0.25, 0.3) is 0 Å². The van der Waals surface area contributed by atoms with Gasteiger partial charge in [0.1, 0.15) is 0 Å². The summed E-state index contributed by atoms with van der Waals surface area (Å²) in [6.07, 6.45) is 4.58. The van der Waals surface area contributed by atoms with Gasteiger partial charge in [-0.05, 0) is 50.3 Å². The lowest BCUT2D eigenvalue weighted by Crippen LogP contribution is -2.51. The number of methoxy groups -OCH3 is 1. The molecule has 2 aliphatic heterocycles. The van der Waals surface area contributed by atoms with E-state index in [1.807, 2.05) is 11.8 Å². The number of nitrogens with two attached hydrogens (primary N) is 1. The van der Waals surface area contributed by atoms with E-state index < -0.39 is 5.60 Å². The Morgan fingerprint density at radius 1 is 1.58 bits per heavy atom. The summed E-state index contributed by atoms with van der Waals surface area (Å²) >= 11 is 1.97. The van der Waals surface area contributed by atoms with E-state index in [0.717, 1.165) is 44.5 Å². The highest BCUT2D eigenvalue weighted by molar-refractivity contribution is 7.99. The van der Waals surface area contributed by atoms with Crippen molar-refractivity contribution in [3.63, 3.8) is 0 Å². The molecule has 3 atom stereocenters. The van der Waals surface area contributed by atoms with Crippen molar-refractivity contribution in [2.45, 2.75) is 43.3 Å². The maximum absolute atomic E-state index is 11.0. The number of rotatable bonds is 6.